The number of hydrogen-bond donors (Lipinski definition) is 1. The topological polar surface area (TPSA) is 55.6 Å². The lowest BCUT2D eigenvalue weighted by Crippen LogP contribution is -2.26. The van der Waals surface area contributed by atoms with Gasteiger partial charge in [-0.2, -0.15) is 4.68 Å². The quantitative estimate of drug-likeness (QED) is 0.910. The third-order valence-electron chi connectivity index (χ3n) is 3.18. The molecule has 1 N–H and O–H groups in total. The van der Waals surface area contributed by atoms with Gasteiger partial charge >= 0.3 is 0 Å². The highest BCUT2D eigenvalue weighted by Crippen LogP contribution is 2.23. The van der Waals surface area contributed by atoms with E-state index in [1.165, 1.54) is 0 Å². The van der Waals surface area contributed by atoms with Crippen molar-refractivity contribution >= 4 is 15.9 Å². The van der Waals surface area contributed by atoms with E-state index in [0.717, 1.165) is 28.1 Å². The maximum absolute atomic E-state index is 4.17. The second-order valence-corrected chi connectivity index (χ2v) is 6.21. The molecule has 0 aliphatic carbocycles. The van der Waals surface area contributed by atoms with Crippen LogP contribution in [0.1, 0.15) is 38.2 Å². The van der Waals surface area contributed by atoms with Gasteiger partial charge in [0.1, 0.15) is 0 Å². The van der Waals surface area contributed by atoms with Crippen LogP contribution < -0.4 is 5.32 Å². The van der Waals surface area contributed by atoms with Crippen molar-refractivity contribution in [3.8, 4) is 5.69 Å². The smallest absolute Gasteiger partial charge is 0.173 e. The van der Waals surface area contributed by atoms with Gasteiger partial charge in [-0.05, 0) is 54.4 Å². The van der Waals surface area contributed by atoms with E-state index in [0.29, 0.717) is 5.92 Å². The summed E-state index contributed by atoms with van der Waals surface area (Å²) in [7, 11) is 0. The van der Waals surface area contributed by atoms with Crippen molar-refractivity contribution in [2.45, 2.75) is 33.7 Å². The minimum atomic E-state index is 0.103. The lowest BCUT2D eigenvalue weighted by Gasteiger charge is -2.16. The first-order chi connectivity index (χ1) is 9.50. The largest absolute Gasteiger partial charge is 0.307 e. The molecule has 5 nitrogen and oxygen atoms in total. The summed E-state index contributed by atoms with van der Waals surface area (Å²) in [6.07, 6.45) is 0. The molecule has 0 aliphatic rings. The van der Waals surface area contributed by atoms with E-state index >= 15 is 0 Å². The van der Waals surface area contributed by atoms with Crippen molar-refractivity contribution < 1.29 is 0 Å². The zero-order valence-corrected chi connectivity index (χ0v) is 13.8. The predicted octanol–water partition coefficient (Wildman–Crippen LogP) is 3.04. The van der Waals surface area contributed by atoms with Gasteiger partial charge in [0.2, 0.25) is 0 Å². The molecule has 1 aromatic heterocycles. The minimum Gasteiger partial charge on any atom is -0.307 e. The summed E-state index contributed by atoms with van der Waals surface area (Å²) in [5, 5.41) is 15.6. The molecule has 0 saturated carbocycles. The molecular formula is C14H20BrN5. The van der Waals surface area contributed by atoms with Gasteiger partial charge in [0.05, 0.1) is 11.7 Å². The molecule has 2 aromatic rings. The molecular weight excluding hydrogens is 318 g/mol. The van der Waals surface area contributed by atoms with Gasteiger partial charge in [0.25, 0.3) is 0 Å². The van der Waals surface area contributed by atoms with Crippen LogP contribution in [-0.4, -0.2) is 26.8 Å². The number of nitrogens with zero attached hydrogens (tertiary/aromatic N) is 4. The fourth-order valence-corrected chi connectivity index (χ4v) is 2.32. The van der Waals surface area contributed by atoms with Gasteiger partial charge in [0.15, 0.2) is 5.82 Å². The van der Waals surface area contributed by atoms with Crippen LogP contribution in [0.25, 0.3) is 5.69 Å². The molecule has 0 fully saturated rings. The monoisotopic (exact) mass is 337 g/mol. The fraction of sp³-hybridized carbons (Fsp3) is 0.500. The molecule has 6 heteroatoms. The molecule has 0 spiro atoms. The van der Waals surface area contributed by atoms with E-state index in [2.05, 4.69) is 64.5 Å². The van der Waals surface area contributed by atoms with Gasteiger partial charge in [-0.15, -0.1) is 5.10 Å². The lowest BCUT2D eigenvalue weighted by molar-refractivity contribution is 0.474. The average molecular weight is 338 g/mol. The van der Waals surface area contributed by atoms with Crippen LogP contribution >= 0.6 is 15.9 Å². The summed E-state index contributed by atoms with van der Waals surface area (Å²) >= 11 is 3.55. The Labute approximate surface area is 127 Å². The first-order valence-electron chi connectivity index (χ1n) is 6.78. The first-order valence-corrected chi connectivity index (χ1v) is 7.57. The average Bonchev–Trinajstić information content (AvgIpc) is 2.88. The first kappa shape index (κ1) is 15.1. The summed E-state index contributed by atoms with van der Waals surface area (Å²) < 4.78 is 2.86. The standard InChI is InChI=1S/C14H20BrN5/c1-9(2)8-16-11(4)14-17-18-19-20(14)13-7-5-6-12(15)10(13)3/h5-7,9,11,16H,8H2,1-4H3. The van der Waals surface area contributed by atoms with E-state index < -0.39 is 0 Å². The van der Waals surface area contributed by atoms with Crippen molar-refractivity contribution in [2.24, 2.45) is 5.92 Å². The molecule has 1 atom stereocenters. The molecule has 2 rings (SSSR count). The molecule has 20 heavy (non-hydrogen) atoms. The third-order valence-corrected chi connectivity index (χ3v) is 4.04. The second-order valence-electron chi connectivity index (χ2n) is 5.36. The highest BCUT2D eigenvalue weighted by molar-refractivity contribution is 9.10. The molecule has 0 saturated heterocycles. The number of aromatic nitrogens is 4. The Morgan fingerprint density at radius 3 is 2.75 bits per heavy atom. The maximum atomic E-state index is 4.17. The van der Waals surface area contributed by atoms with Crippen molar-refractivity contribution in [2.75, 3.05) is 6.54 Å². The van der Waals surface area contributed by atoms with E-state index in [9.17, 15) is 0 Å². The molecule has 0 aliphatic heterocycles. The second kappa shape index (κ2) is 6.45. The zero-order valence-electron chi connectivity index (χ0n) is 12.3. The lowest BCUT2D eigenvalue weighted by atomic mass is 10.2. The third kappa shape index (κ3) is 3.24. The highest BCUT2D eigenvalue weighted by Gasteiger charge is 2.17. The Balaban J connectivity index is 2.30. The van der Waals surface area contributed by atoms with Gasteiger partial charge < -0.3 is 5.32 Å². The van der Waals surface area contributed by atoms with Gasteiger partial charge in [0, 0.05) is 4.47 Å². The van der Waals surface area contributed by atoms with Crippen molar-refractivity contribution in [1.29, 1.82) is 0 Å². The number of benzene rings is 1. The van der Waals surface area contributed by atoms with Crippen LogP contribution in [0.5, 0.6) is 0 Å². The van der Waals surface area contributed by atoms with Crippen molar-refractivity contribution in [3.05, 3.63) is 34.1 Å². The van der Waals surface area contributed by atoms with E-state index in [-0.39, 0.29) is 6.04 Å². The van der Waals surface area contributed by atoms with E-state index in [1.807, 2.05) is 18.2 Å². The molecule has 0 amide bonds. The van der Waals surface area contributed by atoms with E-state index in [1.54, 1.807) is 4.68 Å². The zero-order chi connectivity index (χ0) is 14.7. The number of rotatable bonds is 5. The maximum Gasteiger partial charge on any atom is 0.173 e. The summed E-state index contributed by atoms with van der Waals surface area (Å²) in [5.41, 5.74) is 2.12. The van der Waals surface area contributed by atoms with Gasteiger partial charge in [-0.25, -0.2) is 0 Å². The van der Waals surface area contributed by atoms with Crippen LogP contribution in [0, 0.1) is 12.8 Å². The van der Waals surface area contributed by atoms with Crippen LogP contribution in [0.4, 0.5) is 0 Å². The summed E-state index contributed by atoms with van der Waals surface area (Å²) in [4.78, 5) is 0. The summed E-state index contributed by atoms with van der Waals surface area (Å²) in [5.74, 6) is 1.42. The SMILES string of the molecule is Cc1c(Br)cccc1-n1nnnc1C(C)NCC(C)C. The number of hydrogen-bond acceptors (Lipinski definition) is 4. The van der Waals surface area contributed by atoms with Crippen molar-refractivity contribution in [1.82, 2.24) is 25.5 Å². The molecule has 1 heterocycles. The van der Waals surface area contributed by atoms with Crippen LogP contribution in [0.3, 0.4) is 0 Å². The summed E-state index contributed by atoms with van der Waals surface area (Å²) in [6.45, 7) is 9.43. The van der Waals surface area contributed by atoms with E-state index in [4.69, 9.17) is 0 Å². The predicted molar refractivity (Wildman–Crippen MR) is 82.8 cm³/mol. The fourth-order valence-electron chi connectivity index (χ4n) is 1.96. The summed E-state index contributed by atoms with van der Waals surface area (Å²) in [6, 6.07) is 6.13. The normalized spacial score (nSPS) is 12.9. The molecule has 1 unspecified atom stereocenters. The Hall–Kier alpha value is -1.27. The van der Waals surface area contributed by atoms with Gasteiger partial charge in [-0.1, -0.05) is 35.8 Å². The Bertz CT molecular complexity index is 579. The number of halogens is 1. The Morgan fingerprint density at radius 2 is 2.05 bits per heavy atom. The van der Waals surface area contributed by atoms with Crippen LogP contribution in [-0.2, 0) is 0 Å². The molecule has 0 bridgehead atoms. The van der Waals surface area contributed by atoms with Crippen LogP contribution in [0.2, 0.25) is 0 Å². The van der Waals surface area contributed by atoms with Crippen molar-refractivity contribution in [3.63, 3.8) is 0 Å². The molecule has 0 radical (unpaired) electrons. The Morgan fingerprint density at radius 1 is 1.30 bits per heavy atom. The van der Waals surface area contributed by atoms with Crippen LogP contribution in [0.15, 0.2) is 22.7 Å². The molecule has 1 aromatic carbocycles. The minimum absolute atomic E-state index is 0.103. The molecule has 108 valence electrons. The number of tetrazole rings is 1. The number of nitrogens with one attached hydrogen (secondary N) is 1. The Kier molecular flexibility index (Phi) is 4.88. The highest BCUT2D eigenvalue weighted by atomic mass is 79.9. The van der Waals surface area contributed by atoms with Gasteiger partial charge in [-0.3, -0.25) is 0 Å².